The maximum Gasteiger partial charge on any atom is 0.157 e. The standard InChI is InChI=1S/C10H17N3OS/c1-4-7(2)15-10-5-8(11)12-9(13-10)6-14-3/h5,7H,4,6H2,1-3H3,(H2,11,12,13). The van der Waals surface area contributed by atoms with Gasteiger partial charge in [-0.3, -0.25) is 0 Å². The zero-order valence-electron chi connectivity index (χ0n) is 9.36. The van der Waals surface area contributed by atoms with Gasteiger partial charge in [0.25, 0.3) is 0 Å². The molecule has 5 heteroatoms. The van der Waals surface area contributed by atoms with Crippen LogP contribution in [-0.2, 0) is 11.3 Å². The summed E-state index contributed by atoms with van der Waals surface area (Å²) in [6, 6.07) is 1.80. The summed E-state index contributed by atoms with van der Waals surface area (Å²) in [5.41, 5.74) is 5.69. The fourth-order valence-electron chi connectivity index (χ4n) is 1.04. The van der Waals surface area contributed by atoms with E-state index in [0.29, 0.717) is 23.5 Å². The van der Waals surface area contributed by atoms with Gasteiger partial charge in [0.2, 0.25) is 0 Å². The molecular weight excluding hydrogens is 210 g/mol. The molecule has 1 atom stereocenters. The molecule has 0 saturated carbocycles. The molecule has 0 aliphatic heterocycles. The lowest BCUT2D eigenvalue weighted by Crippen LogP contribution is -2.03. The van der Waals surface area contributed by atoms with Crippen molar-refractivity contribution >= 4 is 17.6 Å². The topological polar surface area (TPSA) is 61.0 Å². The molecule has 0 fully saturated rings. The van der Waals surface area contributed by atoms with Crippen molar-refractivity contribution in [2.24, 2.45) is 0 Å². The minimum atomic E-state index is 0.402. The maximum absolute atomic E-state index is 5.69. The van der Waals surface area contributed by atoms with Crippen molar-refractivity contribution in [1.82, 2.24) is 9.97 Å². The second kappa shape index (κ2) is 5.92. The lowest BCUT2D eigenvalue weighted by atomic mass is 10.4. The third-order valence-electron chi connectivity index (χ3n) is 1.94. The minimum Gasteiger partial charge on any atom is -0.384 e. The first-order valence-corrected chi connectivity index (χ1v) is 5.82. The van der Waals surface area contributed by atoms with Gasteiger partial charge in [-0.1, -0.05) is 13.8 Å². The van der Waals surface area contributed by atoms with Crippen LogP contribution in [-0.4, -0.2) is 22.3 Å². The quantitative estimate of drug-likeness (QED) is 0.616. The highest BCUT2D eigenvalue weighted by Gasteiger charge is 2.06. The van der Waals surface area contributed by atoms with Crippen LogP contribution in [0.3, 0.4) is 0 Å². The molecule has 0 aromatic carbocycles. The third kappa shape index (κ3) is 4.05. The van der Waals surface area contributed by atoms with E-state index in [-0.39, 0.29) is 0 Å². The number of rotatable bonds is 5. The van der Waals surface area contributed by atoms with E-state index >= 15 is 0 Å². The zero-order valence-corrected chi connectivity index (χ0v) is 10.2. The molecule has 1 aromatic rings. The molecule has 0 aliphatic rings. The molecule has 84 valence electrons. The number of hydrogen-bond acceptors (Lipinski definition) is 5. The van der Waals surface area contributed by atoms with E-state index in [1.807, 2.05) is 0 Å². The third-order valence-corrected chi connectivity index (χ3v) is 3.13. The van der Waals surface area contributed by atoms with Crippen LogP contribution >= 0.6 is 11.8 Å². The van der Waals surface area contributed by atoms with Gasteiger partial charge in [0, 0.05) is 18.4 Å². The van der Waals surface area contributed by atoms with E-state index in [0.717, 1.165) is 11.4 Å². The fourth-order valence-corrected chi connectivity index (χ4v) is 1.96. The van der Waals surface area contributed by atoms with Gasteiger partial charge in [-0.2, -0.15) is 0 Å². The molecule has 1 aromatic heterocycles. The Hall–Kier alpha value is -0.810. The highest BCUT2D eigenvalue weighted by Crippen LogP contribution is 2.24. The van der Waals surface area contributed by atoms with Gasteiger partial charge in [-0.05, 0) is 6.42 Å². The number of nitrogen functional groups attached to an aromatic ring is 1. The number of aromatic nitrogens is 2. The van der Waals surface area contributed by atoms with Gasteiger partial charge in [-0.25, -0.2) is 9.97 Å². The van der Waals surface area contributed by atoms with E-state index in [2.05, 4.69) is 23.8 Å². The largest absolute Gasteiger partial charge is 0.384 e. The summed E-state index contributed by atoms with van der Waals surface area (Å²) >= 11 is 1.71. The van der Waals surface area contributed by atoms with Gasteiger partial charge in [0.05, 0.1) is 0 Å². The van der Waals surface area contributed by atoms with Crippen molar-refractivity contribution in [2.75, 3.05) is 12.8 Å². The van der Waals surface area contributed by atoms with Crippen molar-refractivity contribution in [1.29, 1.82) is 0 Å². The summed E-state index contributed by atoms with van der Waals surface area (Å²) < 4.78 is 4.98. The van der Waals surface area contributed by atoms with Crippen molar-refractivity contribution in [3.63, 3.8) is 0 Å². The minimum absolute atomic E-state index is 0.402. The van der Waals surface area contributed by atoms with Crippen molar-refractivity contribution in [3.8, 4) is 0 Å². The summed E-state index contributed by atoms with van der Waals surface area (Å²) in [5, 5.41) is 1.46. The Morgan fingerprint density at radius 1 is 1.53 bits per heavy atom. The second-order valence-corrected chi connectivity index (χ2v) is 4.78. The normalized spacial score (nSPS) is 12.7. The Morgan fingerprint density at radius 3 is 2.87 bits per heavy atom. The molecule has 0 amide bonds. The Balaban J connectivity index is 2.78. The van der Waals surface area contributed by atoms with E-state index in [4.69, 9.17) is 10.5 Å². The zero-order chi connectivity index (χ0) is 11.3. The van der Waals surface area contributed by atoms with Crippen LogP contribution in [0.4, 0.5) is 5.82 Å². The second-order valence-electron chi connectivity index (χ2n) is 3.32. The van der Waals surface area contributed by atoms with Gasteiger partial charge in [0.1, 0.15) is 17.5 Å². The van der Waals surface area contributed by atoms with Crippen LogP contribution in [0.1, 0.15) is 26.1 Å². The monoisotopic (exact) mass is 227 g/mol. The summed E-state index contributed by atoms with van der Waals surface area (Å²) in [6.45, 7) is 4.72. The molecule has 0 saturated heterocycles. The van der Waals surface area contributed by atoms with Gasteiger partial charge in [-0.15, -0.1) is 11.8 Å². The summed E-state index contributed by atoms with van der Waals surface area (Å²) in [7, 11) is 1.62. The number of nitrogens with two attached hydrogens (primary N) is 1. The SMILES string of the molecule is CCC(C)Sc1cc(N)nc(COC)n1. The van der Waals surface area contributed by atoms with Crippen LogP contribution in [0.2, 0.25) is 0 Å². The van der Waals surface area contributed by atoms with Crippen molar-refractivity contribution in [3.05, 3.63) is 11.9 Å². The number of nitrogens with zero attached hydrogens (tertiary/aromatic N) is 2. The molecule has 0 bridgehead atoms. The molecule has 2 N–H and O–H groups in total. The van der Waals surface area contributed by atoms with Crippen LogP contribution in [0.25, 0.3) is 0 Å². The molecular formula is C10H17N3OS. The van der Waals surface area contributed by atoms with Crippen LogP contribution in [0.5, 0.6) is 0 Å². The lowest BCUT2D eigenvalue weighted by Gasteiger charge is -2.08. The van der Waals surface area contributed by atoms with Crippen molar-refractivity contribution in [2.45, 2.75) is 37.2 Å². The molecule has 1 heterocycles. The van der Waals surface area contributed by atoms with Crippen LogP contribution in [0.15, 0.2) is 11.1 Å². The molecule has 0 spiro atoms. The van der Waals surface area contributed by atoms with Gasteiger partial charge in [0.15, 0.2) is 5.82 Å². The average molecular weight is 227 g/mol. The highest BCUT2D eigenvalue weighted by molar-refractivity contribution is 7.99. The van der Waals surface area contributed by atoms with Gasteiger partial charge >= 0.3 is 0 Å². The predicted octanol–water partition coefficient (Wildman–Crippen LogP) is 2.10. The summed E-state index contributed by atoms with van der Waals surface area (Å²) in [4.78, 5) is 8.44. The summed E-state index contributed by atoms with van der Waals surface area (Å²) in [5.74, 6) is 1.14. The Morgan fingerprint density at radius 2 is 2.27 bits per heavy atom. The maximum atomic E-state index is 5.69. The Bertz CT molecular complexity index is 320. The molecule has 1 rings (SSSR count). The fraction of sp³-hybridized carbons (Fsp3) is 0.600. The van der Waals surface area contributed by atoms with E-state index < -0.39 is 0 Å². The molecule has 15 heavy (non-hydrogen) atoms. The number of hydrogen-bond donors (Lipinski definition) is 1. The van der Waals surface area contributed by atoms with Crippen LogP contribution in [0, 0.1) is 0 Å². The Kier molecular flexibility index (Phi) is 4.84. The molecule has 0 aliphatic carbocycles. The number of ether oxygens (including phenoxy) is 1. The predicted molar refractivity (Wildman–Crippen MR) is 62.8 cm³/mol. The van der Waals surface area contributed by atoms with Crippen molar-refractivity contribution < 1.29 is 4.74 Å². The smallest absolute Gasteiger partial charge is 0.157 e. The molecule has 4 nitrogen and oxygen atoms in total. The van der Waals surface area contributed by atoms with E-state index in [1.54, 1.807) is 24.9 Å². The highest BCUT2D eigenvalue weighted by atomic mass is 32.2. The van der Waals surface area contributed by atoms with Gasteiger partial charge < -0.3 is 10.5 Å². The first kappa shape index (κ1) is 12.3. The average Bonchev–Trinajstić information content (AvgIpc) is 2.17. The molecule has 1 unspecified atom stereocenters. The lowest BCUT2D eigenvalue weighted by molar-refractivity contribution is 0.177. The Labute approximate surface area is 94.6 Å². The number of methoxy groups -OCH3 is 1. The van der Waals surface area contributed by atoms with E-state index in [9.17, 15) is 0 Å². The van der Waals surface area contributed by atoms with E-state index in [1.165, 1.54) is 0 Å². The number of thioether (sulfide) groups is 1. The van der Waals surface area contributed by atoms with Crippen LogP contribution < -0.4 is 5.73 Å². The number of anilines is 1. The molecule has 0 radical (unpaired) electrons. The first-order chi connectivity index (χ1) is 7.15. The summed E-state index contributed by atoms with van der Waals surface area (Å²) in [6.07, 6.45) is 1.11. The first-order valence-electron chi connectivity index (χ1n) is 4.94.